The van der Waals surface area contributed by atoms with Gasteiger partial charge in [0, 0.05) is 14.2 Å². The average Bonchev–Trinajstić information content (AvgIpc) is 2.26. The number of hydrogen-bond acceptors (Lipinski definition) is 4. The SMILES string of the molecule is CO[PH](=O)N1C(=O)CN(C)C1=O. The molecular weight excluding hydrogens is 183 g/mol. The Balaban J connectivity index is 2.84. The maximum absolute atomic E-state index is 11.1. The van der Waals surface area contributed by atoms with Crippen molar-refractivity contribution in [3.8, 4) is 0 Å². The lowest BCUT2D eigenvalue weighted by atomic mass is 10.6. The minimum atomic E-state index is -2.69. The van der Waals surface area contributed by atoms with Gasteiger partial charge >= 0.3 is 6.03 Å². The fourth-order valence-corrected chi connectivity index (χ4v) is 1.67. The number of hydrogen-bond donors (Lipinski definition) is 0. The summed E-state index contributed by atoms with van der Waals surface area (Å²) in [6, 6.07) is -0.564. The summed E-state index contributed by atoms with van der Waals surface area (Å²) in [5.74, 6) is -0.478. The highest BCUT2D eigenvalue weighted by Gasteiger charge is 2.37. The van der Waals surface area contributed by atoms with Gasteiger partial charge in [0.1, 0.15) is 6.54 Å². The van der Waals surface area contributed by atoms with Crippen molar-refractivity contribution in [2.75, 3.05) is 20.7 Å². The Morgan fingerprint density at radius 3 is 2.42 bits per heavy atom. The summed E-state index contributed by atoms with van der Waals surface area (Å²) in [5.41, 5.74) is 0. The number of carbonyl (C=O) groups is 2. The molecule has 1 heterocycles. The third kappa shape index (κ3) is 1.35. The molecule has 0 spiro atoms. The van der Waals surface area contributed by atoms with E-state index in [0.29, 0.717) is 4.67 Å². The van der Waals surface area contributed by atoms with E-state index in [4.69, 9.17) is 0 Å². The molecule has 0 saturated carbocycles. The maximum Gasteiger partial charge on any atom is 0.334 e. The van der Waals surface area contributed by atoms with Crippen molar-refractivity contribution in [1.82, 2.24) is 9.57 Å². The van der Waals surface area contributed by atoms with Crippen LogP contribution in [0.5, 0.6) is 0 Å². The molecule has 0 bridgehead atoms. The first-order valence-electron chi connectivity index (χ1n) is 3.24. The topological polar surface area (TPSA) is 66.9 Å². The summed E-state index contributed by atoms with van der Waals surface area (Å²) < 4.78 is 16.1. The Bertz CT molecular complexity index is 246. The van der Waals surface area contributed by atoms with Gasteiger partial charge in [0.25, 0.3) is 14.1 Å². The summed E-state index contributed by atoms with van der Waals surface area (Å²) in [7, 11) is -0.0359. The van der Waals surface area contributed by atoms with Gasteiger partial charge in [-0.1, -0.05) is 0 Å². The van der Waals surface area contributed by atoms with E-state index in [0.717, 1.165) is 0 Å². The molecule has 1 aliphatic heterocycles. The molecule has 0 aromatic rings. The molecule has 7 heteroatoms. The molecule has 1 rings (SSSR count). The summed E-state index contributed by atoms with van der Waals surface area (Å²) in [6.45, 7) is -0.0292. The number of rotatable bonds is 2. The van der Waals surface area contributed by atoms with E-state index < -0.39 is 20.1 Å². The predicted octanol–water partition coefficient (Wildman–Crippen LogP) is -0.0835. The lowest BCUT2D eigenvalue weighted by Gasteiger charge is -2.11. The highest BCUT2D eigenvalue weighted by atomic mass is 31.1. The zero-order valence-corrected chi connectivity index (χ0v) is 7.73. The zero-order valence-electron chi connectivity index (χ0n) is 6.73. The van der Waals surface area contributed by atoms with Crippen molar-refractivity contribution < 1.29 is 18.7 Å². The van der Waals surface area contributed by atoms with E-state index in [1.807, 2.05) is 0 Å². The normalized spacial score (nSPS) is 20.5. The van der Waals surface area contributed by atoms with E-state index in [2.05, 4.69) is 4.52 Å². The van der Waals surface area contributed by atoms with Crippen LogP contribution in [-0.4, -0.2) is 42.2 Å². The number of carbonyl (C=O) groups excluding carboxylic acids is 2. The Morgan fingerprint density at radius 1 is 1.50 bits per heavy atom. The standard InChI is InChI=1S/C5H9N2O4P/c1-6-3-4(8)7(5(6)9)12(10)11-2/h12H,3H2,1-2H3. The molecule has 6 nitrogen and oxygen atoms in total. The van der Waals surface area contributed by atoms with Gasteiger partial charge in [-0.15, -0.1) is 0 Å². The number of likely N-dealkylation sites (N-methyl/N-ethyl adjacent to an activating group) is 1. The Hall–Kier alpha value is -0.870. The van der Waals surface area contributed by atoms with Gasteiger partial charge < -0.3 is 9.42 Å². The maximum atomic E-state index is 11.1. The smallest absolute Gasteiger partial charge is 0.318 e. The Morgan fingerprint density at radius 2 is 2.08 bits per heavy atom. The fraction of sp³-hybridized carbons (Fsp3) is 0.600. The number of nitrogens with zero attached hydrogens (tertiary/aromatic N) is 2. The largest absolute Gasteiger partial charge is 0.334 e. The van der Waals surface area contributed by atoms with Gasteiger partial charge in [0.15, 0.2) is 0 Å². The number of imide groups is 1. The summed E-state index contributed by atoms with van der Waals surface area (Å²) >= 11 is 0. The number of urea groups is 1. The number of amides is 3. The van der Waals surface area contributed by atoms with Crippen molar-refractivity contribution in [2.45, 2.75) is 0 Å². The van der Waals surface area contributed by atoms with E-state index in [1.54, 1.807) is 0 Å². The molecule has 3 amide bonds. The van der Waals surface area contributed by atoms with Crippen LogP contribution in [0.2, 0.25) is 0 Å². The lowest BCUT2D eigenvalue weighted by molar-refractivity contribution is -0.122. The van der Waals surface area contributed by atoms with Gasteiger partial charge in [-0.3, -0.25) is 9.36 Å². The van der Waals surface area contributed by atoms with Crippen LogP contribution >= 0.6 is 8.18 Å². The molecule has 0 aromatic heterocycles. The second-order valence-corrected chi connectivity index (χ2v) is 3.73. The molecular formula is C5H9N2O4P. The Labute approximate surface area is 70.0 Å². The van der Waals surface area contributed by atoms with Crippen LogP contribution in [-0.2, 0) is 13.9 Å². The first-order valence-corrected chi connectivity index (χ1v) is 4.50. The monoisotopic (exact) mass is 192 g/mol. The molecule has 0 aromatic carbocycles. The van der Waals surface area contributed by atoms with Crippen molar-refractivity contribution in [3.05, 3.63) is 0 Å². The molecule has 12 heavy (non-hydrogen) atoms. The zero-order chi connectivity index (χ0) is 9.30. The molecule has 1 saturated heterocycles. The van der Waals surface area contributed by atoms with Crippen molar-refractivity contribution in [3.63, 3.8) is 0 Å². The minimum absolute atomic E-state index is 0.0292. The van der Waals surface area contributed by atoms with Crippen molar-refractivity contribution in [1.29, 1.82) is 0 Å². The summed E-state index contributed by atoms with van der Waals surface area (Å²) in [6.07, 6.45) is 0. The molecule has 1 aliphatic rings. The van der Waals surface area contributed by atoms with E-state index in [9.17, 15) is 14.2 Å². The van der Waals surface area contributed by atoms with Crippen LogP contribution in [0.15, 0.2) is 0 Å². The first kappa shape index (κ1) is 9.22. The van der Waals surface area contributed by atoms with E-state index >= 15 is 0 Å². The van der Waals surface area contributed by atoms with Gasteiger partial charge in [-0.25, -0.2) is 4.79 Å². The molecule has 1 unspecified atom stereocenters. The molecule has 1 atom stereocenters. The third-order valence-corrected chi connectivity index (χ3v) is 2.65. The molecule has 68 valence electrons. The van der Waals surface area contributed by atoms with E-state index in [1.165, 1.54) is 19.1 Å². The van der Waals surface area contributed by atoms with Crippen LogP contribution in [0, 0.1) is 0 Å². The molecule has 1 fully saturated rings. The predicted molar refractivity (Wildman–Crippen MR) is 40.9 cm³/mol. The first-order chi connectivity index (χ1) is 5.57. The Kier molecular flexibility index (Phi) is 2.49. The van der Waals surface area contributed by atoms with Crippen LogP contribution < -0.4 is 0 Å². The van der Waals surface area contributed by atoms with Gasteiger partial charge in [0.05, 0.1) is 0 Å². The average molecular weight is 192 g/mol. The van der Waals surface area contributed by atoms with Crippen molar-refractivity contribution in [2.24, 2.45) is 0 Å². The second-order valence-electron chi connectivity index (χ2n) is 2.34. The quantitative estimate of drug-likeness (QED) is 0.453. The highest BCUT2D eigenvalue weighted by molar-refractivity contribution is 7.38. The molecule has 0 N–H and O–H groups in total. The van der Waals surface area contributed by atoms with Gasteiger partial charge in [-0.05, 0) is 0 Å². The van der Waals surface area contributed by atoms with Crippen molar-refractivity contribution >= 4 is 20.1 Å². The molecule has 0 radical (unpaired) electrons. The third-order valence-electron chi connectivity index (χ3n) is 1.50. The minimum Gasteiger partial charge on any atom is -0.318 e. The van der Waals surface area contributed by atoms with Crippen LogP contribution in [0.4, 0.5) is 4.79 Å². The van der Waals surface area contributed by atoms with Crippen LogP contribution in [0.1, 0.15) is 0 Å². The highest BCUT2D eigenvalue weighted by Crippen LogP contribution is 2.31. The molecule has 0 aliphatic carbocycles. The second kappa shape index (κ2) is 3.25. The fourth-order valence-electron chi connectivity index (χ4n) is 0.890. The van der Waals surface area contributed by atoms with Gasteiger partial charge in [-0.2, -0.15) is 4.67 Å². The van der Waals surface area contributed by atoms with Gasteiger partial charge in [0.2, 0.25) is 0 Å². The van der Waals surface area contributed by atoms with Crippen LogP contribution in [0.25, 0.3) is 0 Å². The lowest BCUT2D eigenvalue weighted by Crippen LogP contribution is -2.25. The summed E-state index contributed by atoms with van der Waals surface area (Å²) in [4.78, 5) is 23.3. The van der Waals surface area contributed by atoms with E-state index in [-0.39, 0.29) is 6.54 Å². The summed E-state index contributed by atoms with van der Waals surface area (Å²) in [5, 5.41) is 0. The van der Waals surface area contributed by atoms with Crippen LogP contribution in [0.3, 0.4) is 0 Å².